The Morgan fingerprint density at radius 1 is 0.971 bits per heavy atom. The summed E-state index contributed by atoms with van der Waals surface area (Å²) < 4.78 is 9.43. The molecule has 0 aliphatic heterocycles. The molecule has 2 aromatic carbocycles. The number of aromatic nitrogens is 5. The molecular formula is C26H24N6O2S. The van der Waals surface area contributed by atoms with Crippen molar-refractivity contribution in [1.82, 2.24) is 24.5 Å². The third kappa shape index (κ3) is 5.36. The first-order valence-corrected chi connectivity index (χ1v) is 12.2. The van der Waals surface area contributed by atoms with Gasteiger partial charge in [0.2, 0.25) is 5.91 Å². The molecule has 0 bridgehead atoms. The van der Waals surface area contributed by atoms with Crippen molar-refractivity contribution in [3.05, 3.63) is 102 Å². The topological polar surface area (TPSA) is 105 Å². The van der Waals surface area contributed by atoms with Crippen molar-refractivity contribution in [3.63, 3.8) is 0 Å². The zero-order valence-electron chi connectivity index (χ0n) is 18.9. The molecule has 0 aliphatic rings. The number of thioether (sulfide) groups is 1. The zero-order chi connectivity index (χ0) is 24.0. The minimum Gasteiger partial charge on any atom is -0.467 e. The fraction of sp³-hybridized carbons (Fsp3) is 0.154. The van der Waals surface area contributed by atoms with E-state index >= 15 is 0 Å². The molecule has 3 heterocycles. The van der Waals surface area contributed by atoms with Crippen LogP contribution in [0.5, 0.6) is 0 Å². The third-order valence-electron chi connectivity index (χ3n) is 5.50. The van der Waals surface area contributed by atoms with Gasteiger partial charge in [0.15, 0.2) is 5.16 Å². The number of primary amides is 1. The summed E-state index contributed by atoms with van der Waals surface area (Å²) in [6, 6.07) is 24.0. The van der Waals surface area contributed by atoms with E-state index in [0.29, 0.717) is 24.5 Å². The van der Waals surface area contributed by atoms with Crippen LogP contribution in [0, 0.1) is 0 Å². The number of hydrogen-bond donors (Lipinski definition) is 1. The fourth-order valence-corrected chi connectivity index (χ4v) is 4.69. The van der Waals surface area contributed by atoms with E-state index in [9.17, 15) is 4.79 Å². The van der Waals surface area contributed by atoms with Gasteiger partial charge in [-0.1, -0.05) is 60.3 Å². The Morgan fingerprint density at radius 3 is 2.46 bits per heavy atom. The van der Waals surface area contributed by atoms with Gasteiger partial charge in [0.1, 0.15) is 11.6 Å². The van der Waals surface area contributed by atoms with Crippen LogP contribution in [-0.2, 0) is 23.5 Å². The lowest BCUT2D eigenvalue weighted by Crippen LogP contribution is -2.14. The first-order chi connectivity index (χ1) is 17.2. The van der Waals surface area contributed by atoms with E-state index in [4.69, 9.17) is 15.2 Å². The van der Waals surface area contributed by atoms with Crippen LogP contribution in [0.1, 0.15) is 23.6 Å². The molecule has 3 aromatic heterocycles. The minimum absolute atomic E-state index is 0.211. The maximum atomic E-state index is 11.3. The highest BCUT2D eigenvalue weighted by Crippen LogP contribution is 2.30. The molecule has 0 atom stereocenters. The van der Waals surface area contributed by atoms with Crippen molar-refractivity contribution >= 4 is 17.7 Å². The lowest BCUT2D eigenvalue weighted by molar-refractivity contribution is -0.118. The number of hydrogen-bond acceptors (Lipinski definition) is 6. The number of amides is 1. The fourth-order valence-electron chi connectivity index (χ4n) is 3.77. The second-order valence-corrected chi connectivity index (χ2v) is 8.91. The first-order valence-electron chi connectivity index (χ1n) is 11.2. The van der Waals surface area contributed by atoms with Crippen molar-refractivity contribution in [2.45, 2.75) is 30.3 Å². The smallest absolute Gasteiger partial charge is 0.217 e. The van der Waals surface area contributed by atoms with Crippen molar-refractivity contribution in [3.8, 4) is 16.9 Å². The second kappa shape index (κ2) is 10.4. The lowest BCUT2D eigenvalue weighted by Gasteiger charge is -2.08. The van der Waals surface area contributed by atoms with Crippen molar-refractivity contribution < 1.29 is 9.21 Å². The second-order valence-electron chi connectivity index (χ2n) is 7.97. The summed E-state index contributed by atoms with van der Waals surface area (Å²) in [5.74, 6) is 1.76. The monoisotopic (exact) mass is 484 g/mol. The number of nitrogens with two attached hydrogens (primary N) is 1. The van der Waals surface area contributed by atoms with Crippen molar-refractivity contribution in [2.24, 2.45) is 5.73 Å². The van der Waals surface area contributed by atoms with E-state index in [1.54, 1.807) is 18.0 Å². The van der Waals surface area contributed by atoms with Crippen molar-refractivity contribution in [1.29, 1.82) is 0 Å². The number of carbonyl (C=O) groups is 1. The molecule has 35 heavy (non-hydrogen) atoms. The highest BCUT2D eigenvalue weighted by molar-refractivity contribution is 7.98. The van der Waals surface area contributed by atoms with Gasteiger partial charge < -0.3 is 10.2 Å². The van der Waals surface area contributed by atoms with Crippen LogP contribution in [0.25, 0.3) is 16.9 Å². The molecule has 0 fully saturated rings. The molecule has 0 unspecified atom stereocenters. The van der Waals surface area contributed by atoms with E-state index < -0.39 is 0 Å². The Morgan fingerprint density at radius 2 is 1.74 bits per heavy atom. The Hall–Kier alpha value is -4.11. The molecule has 0 radical (unpaired) electrons. The number of para-hydroxylation sites is 1. The Bertz CT molecular complexity index is 1390. The number of benzene rings is 2. The zero-order valence-corrected chi connectivity index (χ0v) is 19.8. The van der Waals surface area contributed by atoms with Gasteiger partial charge in [0.25, 0.3) is 0 Å². The summed E-state index contributed by atoms with van der Waals surface area (Å²) in [6.07, 6.45) is 4.33. The summed E-state index contributed by atoms with van der Waals surface area (Å²) in [5.41, 5.74) is 9.41. The van der Waals surface area contributed by atoms with E-state index in [0.717, 1.165) is 33.4 Å². The van der Waals surface area contributed by atoms with Crippen LogP contribution in [0.2, 0.25) is 0 Å². The highest BCUT2D eigenvalue weighted by Gasteiger charge is 2.18. The number of rotatable bonds is 10. The minimum atomic E-state index is -0.368. The standard InChI is InChI=1S/C26H24N6O2S/c27-23(33)13-14-24-28-29-26(31(24)17-22-12-7-15-34-22)35-18-20-16-32(21-10-5-2-6-11-21)30-25(20)19-8-3-1-4-9-19/h1-12,15-16H,13-14,17-18H2,(H2,27,33). The molecule has 2 N–H and O–H groups in total. The molecule has 9 heteroatoms. The number of nitrogens with zero attached hydrogens (tertiary/aromatic N) is 5. The van der Waals surface area contributed by atoms with Crippen LogP contribution in [0.3, 0.4) is 0 Å². The van der Waals surface area contributed by atoms with E-state index in [2.05, 4.69) is 28.5 Å². The van der Waals surface area contributed by atoms with Crippen LogP contribution < -0.4 is 5.73 Å². The number of furan rings is 1. The molecule has 5 aromatic rings. The summed E-state index contributed by atoms with van der Waals surface area (Å²) in [7, 11) is 0. The van der Waals surface area contributed by atoms with Gasteiger partial charge in [-0.15, -0.1) is 10.2 Å². The average molecular weight is 485 g/mol. The first kappa shape index (κ1) is 22.7. The van der Waals surface area contributed by atoms with Gasteiger partial charge in [0.05, 0.1) is 24.2 Å². The van der Waals surface area contributed by atoms with Crippen LogP contribution in [-0.4, -0.2) is 30.5 Å². The van der Waals surface area contributed by atoms with Gasteiger partial charge in [-0.05, 0) is 24.3 Å². The lowest BCUT2D eigenvalue weighted by atomic mass is 10.1. The summed E-state index contributed by atoms with van der Waals surface area (Å²) in [5, 5.41) is 14.4. The number of carbonyl (C=O) groups excluding carboxylic acids is 1. The Kier molecular flexibility index (Phi) is 6.76. The van der Waals surface area contributed by atoms with Gasteiger partial charge in [-0.25, -0.2) is 4.68 Å². The van der Waals surface area contributed by atoms with Crippen LogP contribution >= 0.6 is 11.8 Å². The quantitative estimate of drug-likeness (QED) is 0.293. The molecular weight excluding hydrogens is 460 g/mol. The van der Waals surface area contributed by atoms with E-state index in [-0.39, 0.29) is 12.3 Å². The average Bonchev–Trinajstić information content (AvgIpc) is 3.64. The van der Waals surface area contributed by atoms with Gasteiger partial charge in [-0.3, -0.25) is 9.36 Å². The molecule has 0 saturated carbocycles. The van der Waals surface area contributed by atoms with Gasteiger partial charge in [0, 0.05) is 35.9 Å². The number of aryl methyl sites for hydroxylation is 1. The summed E-state index contributed by atoms with van der Waals surface area (Å²) in [4.78, 5) is 11.3. The van der Waals surface area contributed by atoms with Crippen LogP contribution in [0.15, 0.2) is 94.8 Å². The third-order valence-corrected chi connectivity index (χ3v) is 6.51. The van der Waals surface area contributed by atoms with Crippen LogP contribution in [0.4, 0.5) is 0 Å². The van der Waals surface area contributed by atoms with Gasteiger partial charge >= 0.3 is 0 Å². The maximum absolute atomic E-state index is 11.3. The summed E-state index contributed by atoms with van der Waals surface area (Å²) in [6.45, 7) is 0.477. The molecule has 0 saturated heterocycles. The SMILES string of the molecule is NC(=O)CCc1nnc(SCc2cn(-c3ccccc3)nc2-c2ccccc2)n1Cc1ccco1. The Labute approximate surface area is 206 Å². The molecule has 176 valence electrons. The predicted molar refractivity (Wildman–Crippen MR) is 134 cm³/mol. The molecule has 1 amide bonds. The molecule has 0 aliphatic carbocycles. The maximum Gasteiger partial charge on any atom is 0.217 e. The summed E-state index contributed by atoms with van der Waals surface area (Å²) >= 11 is 1.57. The molecule has 5 rings (SSSR count). The van der Waals surface area contributed by atoms with E-state index in [1.807, 2.05) is 69.9 Å². The highest BCUT2D eigenvalue weighted by atomic mass is 32.2. The largest absolute Gasteiger partial charge is 0.467 e. The predicted octanol–water partition coefficient (Wildman–Crippen LogP) is 4.48. The normalized spacial score (nSPS) is 11.1. The van der Waals surface area contributed by atoms with Gasteiger partial charge in [-0.2, -0.15) is 5.10 Å². The Balaban J connectivity index is 1.44. The molecule has 8 nitrogen and oxygen atoms in total. The molecule has 0 spiro atoms. The van der Waals surface area contributed by atoms with E-state index in [1.165, 1.54) is 0 Å². The van der Waals surface area contributed by atoms with Crippen molar-refractivity contribution in [2.75, 3.05) is 0 Å².